The highest BCUT2D eigenvalue weighted by molar-refractivity contribution is 6.35. The first-order valence-electron chi connectivity index (χ1n) is 11.1. The predicted molar refractivity (Wildman–Crippen MR) is 132 cm³/mol. The monoisotopic (exact) mass is 472 g/mol. The number of carbonyl (C=O) groups excluding carboxylic acids is 1. The molecule has 1 aliphatic carbocycles. The van der Waals surface area contributed by atoms with E-state index in [9.17, 15) is 10.1 Å². The van der Waals surface area contributed by atoms with E-state index in [1.165, 1.54) is 5.56 Å². The van der Waals surface area contributed by atoms with Crippen molar-refractivity contribution in [1.82, 2.24) is 9.80 Å². The molecular formula is C25H30Cl2N4O. The summed E-state index contributed by atoms with van der Waals surface area (Å²) in [5.41, 5.74) is 2.52. The second-order valence-electron chi connectivity index (χ2n) is 8.42. The molecule has 2 aromatic rings. The second kappa shape index (κ2) is 11.6. The van der Waals surface area contributed by atoms with Crippen LogP contribution >= 0.6 is 23.2 Å². The lowest BCUT2D eigenvalue weighted by Gasteiger charge is -2.38. The van der Waals surface area contributed by atoms with Gasteiger partial charge in [0, 0.05) is 34.9 Å². The number of anilines is 1. The number of rotatable bonds is 7. The van der Waals surface area contributed by atoms with Gasteiger partial charge in [0.2, 0.25) is 0 Å². The molecule has 2 amide bonds. The Kier molecular flexibility index (Phi) is 8.81. The number of urea groups is 1. The van der Waals surface area contributed by atoms with Crippen LogP contribution < -0.4 is 5.32 Å². The Morgan fingerprint density at radius 3 is 2.41 bits per heavy atom. The number of benzene rings is 2. The van der Waals surface area contributed by atoms with Crippen LogP contribution in [0.15, 0.2) is 42.5 Å². The summed E-state index contributed by atoms with van der Waals surface area (Å²) in [6.45, 7) is 4.51. The van der Waals surface area contributed by atoms with Gasteiger partial charge in [-0.3, -0.25) is 0 Å². The molecule has 1 N–H and O–H groups in total. The molecule has 0 saturated heterocycles. The SMILES string of the molecule is CCN(C)CCN(C(=O)Nc1cc(Cl)cc(Cl)c1)[C@H]1CC[C@H](c2cccc(C#N)c2)CC1. The first-order valence-corrected chi connectivity index (χ1v) is 11.9. The quantitative estimate of drug-likeness (QED) is 0.508. The minimum Gasteiger partial charge on any atom is -0.320 e. The summed E-state index contributed by atoms with van der Waals surface area (Å²) in [5, 5.41) is 13.2. The summed E-state index contributed by atoms with van der Waals surface area (Å²) in [4.78, 5) is 17.4. The summed E-state index contributed by atoms with van der Waals surface area (Å²) < 4.78 is 0. The Labute approximate surface area is 200 Å². The van der Waals surface area contributed by atoms with E-state index in [0.717, 1.165) is 38.8 Å². The normalized spacial score (nSPS) is 18.2. The molecule has 0 spiro atoms. The number of likely N-dealkylation sites (N-methyl/N-ethyl adjacent to an activating group) is 1. The summed E-state index contributed by atoms with van der Waals surface area (Å²) in [5.74, 6) is 0.425. The maximum Gasteiger partial charge on any atom is 0.322 e. The maximum absolute atomic E-state index is 13.2. The Balaban J connectivity index is 1.69. The zero-order valence-corrected chi connectivity index (χ0v) is 20.2. The Morgan fingerprint density at radius 2 is 1.78 bits per heavy atom. The molecule has 1 aliphatic rings. The standard InChI is InChI=1S/C25H30Cl2N4O/c1-3-30(2)11-12-31(25(32)29-23-15-21(26)14-22(27)16-23)24-9-7-19(8-10-24)20-6-4-5-18(13-20)17-28/h4-6,13-16,19,24H,3,7-12H2,1-2H3,(H,29,32)/t19-,24-. The van der Waals surface area contributed by atoms with E-state index in [1.54, 1.807) is 18.2 Å². The molecule has 170 valence electrons. The highest BCUT2D eigenvalue weighted by Gasteiger charge is 2.29. The van der Waals surface area contributed by atoms with Gasteiger partial charge in [0.1, 0.15) is 0 Å². The molecule has 7 heteroatoms. The molecule has 2 aromatic carbocycles. The van der Waals surface area contributed by atoms with Crippen LogP contribution in [0, 0.1) is 11.3 Å². The van der Waals surface area contributed by atoms with E-state index >= 15 is 0 Å². The fraction of sp³-hybridized carbons (Fsp3) is 0.440. The van der Waals surface area contributed by atoms with Crippen LogP contribution in [0.4, 0.5) is 10.5 Å². The number of hydrogen-bond donors (Lipinski definition) is 1. The second-order valence-corrected chi connectivity index (χ2v) is 9.29. The van der Waals surface area contributed by atoms with Crippen molar-refractivity contribution in [3.05, 3.63) is 63.6 Å². The molecule has 1 fully saturated rings. The lowest BCUT2D eigenvalue weighted by Crippen LogP contribution is -2.47. The van der Waals surface area contributed by atoms with Crippen molar-refractivity contribution >= 4 is 34.9 Å². The molecular weight excluding hydrogens is 443 g/mol. The van der Waals surface area contributed by atoms with Crippen molar-refractivity contribution in [2.24, 2.45) is 0 Å². The van der Waals surface area contributed by atoms with E-state index in [-0.39, 0.29) is 12.1 Å². The van der Waals surface area contributed by atoms with Crippen molar-refractivity contribution in [1.29, 1.82) is 5.26 Å². The first-order chi connectivity index (χ1) is 15.4. The van der Waals surface area contributed by atoms with E-state index in [4.69, 9.17) is 23.2 Å². The highest BCUT2D eigenvalue weighted by Crippen LogP contribution is 2.35. The predicted octanol–water partition coefficient (Wildman–Crippen LogP) is 6.38. The van der Waals surface area contributed by atoms with Crippen molar-refractivity contribution < 1.29 is 4.79 Å². The molecule has 0 bridgehead atoms. The van der Waals surface area contributed by atoms with Gasteiger partial charge in [0.25, 0.3) is 0 Å². The van der Waals surface area contributed by atoms with Crippen molar-refractivity contribution in [2.45, 2.75) is 44.6 Å². The average molecular weight is 473 g/mol. The zero-order valence-electron chi connectivity index (χ0n) is 18.7. The van der Waals surface area contributed by atoms with Gasteiger partial charge in [0.05, 0.1) is 11.6 Å². The number of amides is 2. The fourth-order valence-electron chi connectivity index (χ4n) is 4.29. The smallest absolute Gasteiger partial charge is 0.320 e. The summed E-state index contributed by atoms with van der Waals surface area (Å²) in [7, 11) is 2.06. The summed E-state index contributed by atoms with van der Waals surface area (Å²) in [6.07, 6.45) is 3.86. The average Bonchev–Trinajstić information content (AvgIpc) is 2.78. The van der Waals surface area contributed by atoms with E-state index in [0.29, 0.717) is 33.8 Å². The Bertz CT molecular complexity index is 946. The minimum absolute atomic E-state index is 0.122. The number of carbonyl (C=O) groups is 1. The molecule has 0 atom stereocenters. The van der Waals surface area contributed by atoms with Crippen LogP contribution in [0.3, 0.4) is 0 Å². The van der Waals surface area contributed by atoms with Crippen LogP contribution in [-0.2, 0) is 0 Å². The Hall–Kier alpha value is -2.26. The molecule has 0 aliphatic heterocycles. The summed E-state index contributed by atoms with van der Waals surface area (Å²) >= 11 is 12.2. The topological polar surface area (TPSA) is 59.4 Å². The first kappa shape index (κ1) is 24.4. The van der Waals surface area contributed by atoms with Crippen molar-refractivity contribution in [2.75, 3.05) is 32.0 Å². The largest absolute Gasteiger partial charge is 0.322 e. The minimum atomic E-state index is -0.122. The van der Waals surface area contributed by atoms with Crippen LogP contribution in [0.25, 0.3) is 0 Å². The molecule has 5 nitrogen and oxygen atoms in total. The molecule has 0 aromatic heterocycles. The molecule has 0 unspecified atom stereocenters. The van der Waals surface area contributed by atoms with Gasteiger partial charge in [-0.2, -0.15) is 5.26 Å². The van der Waals surface area contributed by atoms with Crippen molar-refractivity contribution in [3.63, 3.8) is 0 Å². The Morgan fingerprint density at radius 1 is 1.09 bits per heavy atom. The molecule has 1 saturated carbocycles. The third-order valence-corrected chi connectivity index (χ3v) is 6.70. The van der Waals surface area contributed by atoms with E-state index < -0.39 is 0 Å². The van der Waals surface area contributed by atoms with Gasteiger partial charge in [-0.25, -0.2) is 4.79 Å². The van der Waals surface area contributed by atoms with Gasteiger partial charge < -0.3 is 15.1 Å². The number of hydrogen-bond acceptors (Lipinski definition) is 3. The molecule has 0 heterocycles. The number of nitriles is 1. The number of nitrogens with one attached hydrogen (secondary N) is 1. The molecule has 3 rings (SSSR count). The van der Waals surface area contributed by atoms with Gasteiger partial charge >= 0.3 is 6.03 Å². The lowest BCUT2D eigenvalue weighted by molar-refractivity contribution is 0.152. The van der Waals surface area contributed by atoms with Crippen LogP contribution in [0.2, 0.25) is 10.0 Å². The van der Waals surface area contributed by atoms with E-state index in [1.807, 2.05) is 23.1 Å². The van der Waals surface area contributed by atoms with Gasteiger partial charge in [-0.1, -0.05) is 42.3 Å². The zero-order chi connectivity index (χ0) is 23.1. The van der Waals surface area contributed by atoms with Gasteiger partial charge in [-0.15, -0.1) is 0 Å². The lowest BCUT2D eigenvalue weighted by atomic mass is 9.81. The van der Waals surface area contributed by atoms with Gasteiger partial charge in [0.15, 0.2) is 0 Å². The third kappa shape index (κ3) is 6.62. The van der Waals surface area contributed by atoms with Crippen LogP contribution in [0.1, 0.15) is 49.7 Å². The summed E-state index contributed by atoms with van der Waals surface area (Å²) in [6, 6.07) is 15.2. The molecule has 32 heavy (non-hydrogen) atoms. The van der Waals surface area contributed by atoms with Crippen molar-refractivity contribution in [3.8, 4) is 6.07 Å². The third-order valence-electron chi connectivity index (χ3n) is 6.26. The highest BCUT2D eigenvalue weighted by atomic mass is 35.5. The molecule has 0 radical (unpaired) electrons. The fourth-order valence-corrected chi connectivity index (χ4v) is 4.82. The maximum atomic E-state index is 13.2. The number of halogens is 2. The van der Waals surface area contributed by atoms with Crippen LogP contribution in [-0.4, -0.2) is 48.6 Å². The van der Waals surface area contributed by atoms with E-state index in [2.05, 4.69) is 36.3 Å². The van der Waals surface area contributed by atoms with Gasteiger partial charge in [-0.05, 0) is 81.1 Å². The van der Waals surface area contributed by atoms with Crippen LogP contribution in [0.5, 0.6) is 0 Å². The number of nitrogens with zero attached hydrogens (tertiary/aromatic N) is 3.